The van der Waals surface area contributed by atoms with Crippen molar-refractivity contribution in [3.8, 4) is 0 Å². The molecule has 5 heteroatoms. The molecule has 0 aromatic carbocycles. The van der Waals surface area contributed by atoms with Crippen LogP contribution in [0.3, 0.4) is 0 Å². The summed E-state index contributed by atoms with van der Waals surface area (Å²) in [5, 5.41) is 9.53. The predicted octanol–water partition coefficient (Wildman–Crippen LogP) is 1.65. The third-order valence-corrected chi connectivity index (χ3v) is 6.01. The number of hydrogen-bond acceptors (Lipinski definition) is 3. The third kappa shape index (κ3) is 3.42. The summed E-state index contributed by atoms with van der Waals surface area (Å²) in [5.41, 5.74) is -0.640. The number of hydrogen-bond donors (Lipinski definition) is 2. The van der Waals surface area contributed by atoms with Crippen molar-refractivity contribution in [1.29, 1.82) is 0 Å². The molecule has 2 N–H and O–H groups in total. The lowest BCUT2D eigenvalue weighted by molar-refractivity contribution is 0.125. The summed E-state index contributed by atoms with van der Waals surface area (Å²) in [6, 6.07) is 0. The second-order valence-electron chi connectivity index (χ2n) is 6.34. The molecule has 1 aliphatic carbocycles. The van der Waals surface area contributed by atoms with Crippen LogP contribution in [-0.2, 0) is 10.0 Å². The fourth-order valence-electron chi connectivity index (χ4n) is 2.05. The number of rotatable bonds is 3. The largest absolute Gasteiger partial charge is 0.394 e. The van der Waals surface area contributed by atoms with Gasteiger partial charge in [-0.05, 0) is 52.4 Å². The summed E-state index contributed by atoms with van der Waals surface area (Å²) in [6.07, 6.45) is 3.38. The maximum atomic E-state index is 12.1. The fourth-order valence-corrected chi connectivity index (χ4v) is 3.19. The Labute approximate surface area is 105 Å². The van der Waals surface area contributed by atoms with Gasteiger partial charge in [0.1, 0.15) is 0 Å². The summed E-state index contributed by atoms with van der Waals surface area (Å²) < 4.78 is 26.2. The molecule has 17 heavy (non-hydrogen) atoms. The Hall–Kier alpha value is -0.130. The molecule has 0 aromatic heterocycles. The van der Waals surface area contributed by atoms with Crippen molar-refractivity contribution in [3.05, 3.63) is 0 Å². The Morgan fingerprint density at radius 1 is 1.29 bits per heavy atom. The summed E-state index contributed by atoms with van der Waals surface area (Å²) in [4.78, 5) is 0. The van der Waals surface area contributed by atoms with E-state index in [1.165, 1.54) is 0 Å². The van der Waals surface area contributed by atoms with E-state index in [-0.39, 0.29) is 6.61 Å². The second kappa shape index (κ2) is 4.86. The summed E-state index contributed by atoms with van der Waals surface area (Å²) in [7, 11) is -3.40. The minimum Gasteiger partial charge on any atom is -0.394 e. The topological polar surface area (TPSA) is 66.4 Å². The van der Waals surface area contributed by atoms with Gasteiger partial charge < -0.3 is 5.11 Å². The molecular formula is C12H25NO3S. The van der Waals surface area contributed by atoms with Crippen LogP contribution in [-0.4, -0.2) is 30.4 Å². The van der Waals surface area contributed by atoms with Crippen LogP contribution in [0, 0.1) is 5.92 Å². The Morgan fingerprint density at radius 3 is 2.12 bits per heavy atom. The molecule has 1 rings (SSSR count). The monoisotopic (exact) mass is 263 g/mol. The Bertz CT molecular complexity index is 348. The lowest BCUT2D eigenvalue weighted by Crippen LogP contribution is -2.56. The number of aliphatic hydroxyl groups excluding tert-OH is 1. The zero-order valence-corrected chi connectivity index (χ0v) is 12.1. The Balaban J connectivity index is 2.84. The molecule has 0 radical (unpaired) electrons. The van der Waals surface area contributed by atoms with E-state index in [0.717, 1.165) is 25.7 Å². The quantitative estimate of drug-likeness (QED) is 0.813. The molecule has 1 aliphatic rings. The van der Waals surface area contributed by atoms with Gasteiger partial charge in [0.25, 0.3) is 0 Å². The lowest BCUT2D eigenvalue weighted by atomic mass is 9.78. The van der Waals surface area contributed by atoms with Gasteiger partial charge in [0.05, 0.1) is 16.9 Å². The van der Waals surface area contributed by atoms with Crippen LogP contribution in [0.5, 0.6) is 0 Å². The molecule has 0 atom stereocenters. The molecule has 1 fully saturated rings. The van der Waals surface area contributed by atoms with E-state index in [4.69, 9.17) is 0 Å². The van der Waals surface area contributed by atoms with Gasteiger partial charge in [0.15, 0.2) is 0 Å². The van der Waals surface area contributed by atoms with Crippen LogP contribution >= 0.6 is 0 Å². The molecule has 0 spiro atoms. The van der Waals surface area contributed by atoms with E-state index >= 15 is 0 Å². The minimum atomic E-state index is -3.40. The minimum absolute atomic E-state index is 0.116. The molecule has 0 bridgehead atoms. The predicted molar refractivity (Wildman–Crippen MR) is 69.3 cm³/mol. The first-order chi connectivity index (χ1) is 7.62. The average molecular weight is 263 g/mol. The highest BCUT2D eigenvalue weighted by Crippen LogP contribution is 2.33. The van der Waals surface area contributed by atoms with Crippen molar-refractivity contribution >= 4 is 10.0 Å². The third-order valence-electron chi connectivity index (χ3n) is 3.69. The highest BCUT2D eigenvalue weighted by Gasteiger charge is 2.41. The standard InChI is InChI=1S/C12H25NO3S/c1-10-5-7-12(9-14,8-6-10)13-17(15,16)11(2,3)4/h10,13-14H,5-9H2,1-4H3. The first-order valence-electron chi connectivity index (χ1n) is 6.26. The lowest BCUT2D eigenvalue weighted by Gasteiger charge is -2.40. The van der Waals surface area contributed by atoms with Crippen molar-refractivity contribution in [2.45, 2.75) is 63.7 Å². The molecular weight excluding hydrogens is 238 g/mol. The Morgan fingerprint density at radius 2 is 1.76 bits per heavy atom. The maximum absolute atomic E-state index is 12.1. The van der Waals surface area contributed by atoms with Crippen LogP contribution in [0.15, 0.2) is 0 Å². The van der Waals surface area contributed by atoms with Crippen molar-refractivity contribution in [2.75, 3.05) is 6.61 Å². The molecule has 0 unspecified atom stereocenters. The molecule has 1 saturated carbocycles. The summed E-state index contributed by atoms with van der Waals surface area (Å²) in [5.74, 6) is 0.619. The maximum Gasteiger partial charge on any atom is 0.217 e. The van der Waals surface area contributed by atoms with Gasteiger partial charge in [-0.3, -0.25) is 0 Å². The molecule has 0 amide bonds. The fraction of sp³-hybridized carbons (Fsp3) is 1.00. The van der Waals surface area contributed by atoms with E-state index in [2.05, 4.69) is 11.6 Å². The van der Waals surface area contributed by atoms with E-state index in [9.17, 15) is 13.5 Å². The van der Waals surface area contributed by atoms with Gasteiger partial charge in [0.2, 0.25) is 10.0 Å². The molecule has 0 heterocycles. The highest BCUT2D eigenvalue weighted by atomic mass is 32.2. The number of sulfonamides is 1. The van der Waals surface area contributed by atoms with E-state index in [1.54, 1.807) is 20.8 Å². The summed E-state index contributed by atoms with van der Waals surface area (Å²) in [6.45, 7) is 7.07. The zero-order valence-electron chi connectivity index (χ0n) is 11.3. The van der Waals surface area contributed by atoms with Crippen LogP contribution in [0.2, 0.25) is 0 Å². The normalized spacial score (nSPS) is 31.5. The highest BCUT2D eigenvalue weighted by molar-refractivity contribution is 7.90. The van der Waals surface area contributed by atoms with Gasteiger partial charge in [-0.2, -0.15) is 0 Å². The first kappa shape index (κ1) is 14.9. The van der Waals surface area contributed by atoms with E-state index in [1.807, 2.05) is 0 Å². The number of nitrogens with one attached hydrogen (secondary N) is 1. The van der Waals surface area contributed by atoms with Gasteiger partial charge in [0, 0.05) is 0 Å². The van der Waals surface area contributed by atoms with Crippen molar-refractivity contribution in [1.82, 2.24) is 4.72 Å². The summed E-state index contributed by atoms with van der Waals surface area (Å²) >= 11 is 0. The van der Waals surface area contributed by atoms with E-state index < -0.39 is 20.3 Å². The van der Waals surface area contributed by atoms with Crippen molar-refractivity contribution < 1.29 is 13.5 Å². The van der Waals surface area contributed by atoms with Crippen molar-refractivity contribution in [2.24, 2.45) is 5.92 Å². The van der Waals surface area contributed by atoms with E-state index in [0.29, 0.717) is 5.92 Å². The molecule has 0 aromatic rings. The van der Waals surface area contributed by atoms with Gasteiger partial charge in [-0.1, -0.05) is 6.92 Å². The van der Waals surface area contributed by atoms with Crippen LogP contribution in [0.25, 0.3) is 0 Å². The van der Waals surface area contributed by atoms with Gasteiger partial charge >= 0.3 is 0 Å². The SMILES string of the molecule is CC1CCC(CO)(NS(=O)(=O)C(C)(C)C)CC1. The molecule has 0 saturated heterocycles. The van der Waals surface area contributed by atoms with Crippen molar-refractivity contribution in [3.63, 3.8) is 0 Å². The van der Waals surface area contributed by atoms with Gasteiger partial charge in [-0.15, -0.1) is 0 Å². The first-order valence-corrected chi connectivity index (χ1v) is 7.75. The smallest absolute Gasteiger partial charge is 0.217 e. The van der Waals surface area contributed by atoms with Crippen LogP contribution in [0.4, 0.5) is 0 Å². The van der Waals surface area contributed by atoms with Crippen LogP contribution in [0.1, 0.15) is 53.4 Å². The second-order valence-corrected chi connectivity index (χ2v) is 8.77. The zero-order chi connectivity index (χ0) is 13.3. The van der Waals surface area contributed by atoms with Crippen LogP contribution < -0.4 is 4.72 Å². The molecule has 102 valence electrons. The Kier molecular flexibility index (Phi) is 4.27. The molecule has 4 nitrogen and oxygen atoms in total. The average Bonchev–Trinajstić information content (AvgIpc) is 2.20. The molecule has 0 aliphatic heterocycles. The van der Waals surface area contributed by atoms with Gasteiger partial charge in [-0.25, -0.2) is 13.1 Å². The number of aliphatic hydroxyl groups is 1.